The molecule has 3 nitrogen and oxygen atoms in total. The SMILES string of the molecule is N#Cc1cccc(-c2ccc3c(c2)=CC2(C=3)Cc3cnncc3C2)c1. The molecule has 2 aliphatic carbocycles. The lowest BCUT2D eigenvalue weighted by Crippen LogP contribution is -2.20. The van der Waals surface area contributed by atoms with E-state index >= 15 is 0 Å². The largest absolute Gasteiger partial charge is 0.192 e. The Morgan fingerprint density at radius 3 is 2.32 bits per heavy atom. The van der Waals surface area contributed by atoms with E-state index in [1.54, 1.807) is 0 Å². The van der Waals surface area contributed by atoms with Crippen LogP contribution in [0, 0.1) is 16.7 Å². The number of aromatic nitrogens is 2. The zero-order chi connectivity index (χ0) is 16.9. The Hall–Kier alpha value is -3.25. The van der Waals surface area contributed by atoms with Crippen LogP contribution in [0.25, 0.3) is 23.3 Å². The minimum Gasteiger partial charge on any atom is -0.192 e. The van der Waals surface area contributed by atoms with Gasteiger partial charge < -0.3 is 0 Å². The van der Waals surface area contributed by atoms with Crippen molar-refractivity contribution in [2.24, 2.45) is 5.41 Å². The lowest BCUT2D eigenvalue weighted by Gasteiger charge is -2.16. The van der Waals surface area contributed by atoms with E-state index in [-0.39, 0.29) is 5.41 Å². The average molecular weight is 321 g/mol. The lowest BCUT2D eigenvalue weighted by molar-refractivity contribution is 0.610. The van der Waals surface area contributed by atoms with Gasteiger partial charge in [-0.05, 0) is 63.7 Å². The molecule has 3 heteroatoms. The summed E-state index contributed by atoms with van der Waals surface area (Å²) in [7, 11) is 0. The molecule has 0 N–H and O–H groups in total. The number of nitrogens with zero attached hydrogens (tertiary/aromatic N) is 3. The number of hydrogen-bond donors (Lipinski definition) is 0. The first-order valence-corrected chi connectivity index (χ1v) is 8.40. The predicted molar refractivity (Wildman–Crippen MR) is 96.6 cm³/mol. The molecule has 0 bridgehead atoms. The quantitative estimate of drug-likeness (QED) is 0.691. The van der Waals surface area contributed by atoms with E-state index in [0.29, 0.717) is 5.56 Å². The van der Waals surface area contributed by atoms with Crippen LogP contribution in [-0.4, -0.2) is 10.2 Å². The summed E-state index contributed by atoms with van der Waals surface area (Å²) in [5.74, 6) is 0. The lowest BCUT2D eigenvalue weighted by atomic mass is 9.86. The van der Waals surface area contributed by atoms with E-state index < -0.39 is 0 Å². The number of nitriles is 1. The molecule has 2 aliphatic rings. The Morgan fingerprint density at radius 1 is 0.840 bits per heavy atom. The second-order valence-electron chi connectivity index (χ2n) is 6.95. The van der Waals surface area contributed by atoms with Gasteiger partial charge in [-0.3, -0.25) is 0 Å². The summed E-state index contributed by atoms with van der Waals surface area (Å²) in [5, 5.41) is 19.7. The third-order valence-electron chi connectivity index (χ3n) is 5.24. The molecule has 25 heavy (non-hydrogen) atoms. The number of fused-ring (bicyclic) bond motifs is 2. The van der Waals surface area contributed by atoms with E-state index in [9.17, 15) is 0 Å². The third-order valence-corrected chi connectivity index (χ3v) is 5.24. The standard InChI is InChI=1S/C22H15N3/c23-12-15-2-1-3-16(6-15)17-4-5-18-8-22(9-19(18)7-17)10-20-13-24-25-14-21(20)11-22/h1-9,13-14H,10-11H2. The van der Waals surface area contributed by atoms with Gasteiger partial charge in [0.05, 0.1) is 24.0 Å². The maximum absolute atomic E-state index is 9.12. The van der Waals surface area contributed by atoms with E-state index in [4.69, 9.17) is 5.26 Å². The summed E-state index contributed by atoms with van der Waals surface area (Å²) in [6.07, 6.45) is 10.6. The van der Waals surface area contributed by atoms with Crippen LogP contribution < -0.4 is 10.4 Å². The van der Waals surface area contributed by atoms with Crippen LogP contribution in [-0.2, 0) is 12.8 Å². The zero-order valence-electron chi connectivity index (χ0n) is 13.6. The monoisotopic (exact) mass is 321 g/mol. The highest BCUT2D eigenvalue weighted by Crippen LogP contribution is 2.40. The van der Waals surface area contributed by atoms with Crippen molar-refractivity contribution in [1.82, 2.24) is 10.2 Å². The molecule has 118 valence electrons. The van der Waals surface area contributed by atoms with Gasteiger partial charge in [0.25, 0.3) is 0 Å². The molecule has 2 aromatic carbocycles. The van der Waals surface area contributed by atoms with Gasteiger partial charge in [-0.25, -0.2) is 0 Å². The molecule has 0 saturated carbocycles. The van der Waals surface area contributed by atoms with Gasteiger partial charge >= 0.3 is 0 Å². The summed E-state index contributed by atoms with van der Waals surface area (Å²) in [5.41, 5.74) is 5.59. The maximum Gasteiger partial charge on any atom is 0.0991 e. The first-order chi connectivity index (χ1) is 12.2. The molecule has 0 amide bonds. The Kier molecular flexibility index (Phi) is 2.89. The van der Waals surface area contributed by atoms with Gasteiger partial charge in [-0.1, -0.05) is 36.4 Å². The van der Waals surface area contributed by atoms with Crippen molar-refractivity contribution < 1.29 is 0 Å². The number of benzene rings is 2. The topological polar surface area (TPSA) is 49.6 Å². The minimum absolute atomic E-state index is 0.0580. The van der Waals surface area contributed by atoms with Gasteiger partial charge in [0, 0.05) is 5.41 Å². The zero-order valence-corrected chi connectivity index (χ0v) is 13.6. The van der Waals surface area contributed by atoms with Gasteiger partial charge in [0.15, 0.2) is 0 Å². The average Bonchev–Trinajstić information content (AvgIpc) is 3.19. The molecular formula is C22H15N3. The van der Waals surface area contributed by atoms with Crippen LogP contribution in [0.15, 0.2) is 54.9 Å². The van der Waals surface area contributed by atoms with Gasteiger partial charge in [-0.2, -0.15) is 15.5 Å². The third kappa shape index (κ3) is 2.27. The van der Waals surface area contributed by atoms with Crippen LogP contribution in [0.4, 0.5) is 0 Å². The maximum atomic E-state index is 9.12. The fourth-order valence-corrected chi connectivity index (χ4v) is 4.11. The number of rotatable bonds is 1. The summed E-state index contributed by atoms with van der Waals surface area (Å²) in [4.78, 5) is 0. The molecule has 1 heterocycles. The van der Waals surface area contributed by atoms with Crippen LogP contribution >= 0.6 is 0 Å². The molecule has 1 aromatic heterocycles. The molecule has 0 atom stereocenters. The van der Waals surface area contributed by atoms with E-state index in [2.05, 4.69) is 52.7 Å². The number of hydrogen-bond acceptors (Lipinski definition) is 3. The fraction of sp³-hybridized carbons (Fsp3) is 0.136. The second-order valence-corrected chi connectivity index (χ2v) is 6.95. The summed E-state index contributed by atoms with van der Waals surface area (Å²) in [6, 6.07) is 16.5. The van der Waals surface area contributed by atoms with Crippen molar-refractivity contribution in [3.8, 4) is 17.2 Å². The van der Waals surface area contributed by atoms with Gasteiger partial charge in [0.1, 0.15) is 0 Å². The highest BCUT2D eigenvalue weighted by atomic mass is 15.1. The minimum atomic E-state index is 0.0580. The van der Waals surface area contributed by atoms with Crippen molar-refractivity contribution >= 4 is 12.2 Å². The Morgan fingerprint density at radius 2 is 1.56 bits per heavy atom. The molecule has 0 unspecified atom stereocenters. The molecule has 3 aromatic rings. The second kappa shape index (κ2) is 5.12. The smallest absolute Gasteiger partial charge is 0.0991 e. The van der Waals surface area contributed by atoms with Gasteiger partial charge in [-0.15, -0.1) is 0 Å². The summed E-state index contributed by atoms with van der Waals surface area (Å²) in [6.45, 7) is 0. The van der Waals surface area contributed by atoms with Crippen molar-refractivity contribution in [2.45, 2.75) is 12.8 Å². The highest BCUT2D eigenvalue weighted by Gasteiger charge is 2.35. The summed E-state index contributed by atoms with van der Waals surface area (Å²) < 4.78 is 0. The first kappa shape index (κ1) is 14.1. The van der Waals surface area contributed by atoms with Crippen LogP contribution in [0.3, 0.4) is 0 Å². The van der Waals surface area contributed by atoms with Crippen molar-refractivity contribution in [2.75, 3.05) is 0 Å². The van der Waals surface area contributed by atoms with Crippen molar-refractivity contribution in [3.05, 3.63) is 82.0 Å². The van der Waals surface area contributed by atoms with Crippen LogP contribution in [0.1, 0.15) is 16.7 Å². The molecule has 0 aliphatic heterocycles. The Labute approximate surface area is 145 Å². The van der Waals surface area contributed by atoms with Crippen molar-refractivity contribution in [3.63, 3.8) is 0 Å². The molecule has 0 saturated heterocycles. The van der Waals surface area contributed by atoms with E-state index in [0.717, 1.165) is 24.0 Å². The fourth-order valence-electron chi connectivity index (χ4n) is 4.11. The molecule has 5 rings (SSSR count). The molecule has 0 fully saturated rings. The van der Waals surface area contributed by atoms with Crippen molar-refractivity contribution in [1.29, 1.82) is 5.26 Å². The molecule has 1 spiro atoms. The molecular weight excluding hydrogens is 306 g/mol. The van der Waals surface area contributed by atoms with E-state index in [1.807, 2.05) is 30.6 Å². The Bertz CT molecular complexity index is 1140. The Balaban J connectivity index is 1.58. The van der Waals surface area contributed by atoms with Gasteiger partial charge in [0.2, 0.25) is 0 Å². The predicted octanol–water partition coefficient (Wildman–Crippen LogP) is 2.38. The van der Waals surface area contributed by atoms with Crippen LogP contribution in [0.5, 0.6) is 0 Å². The first-order valence-electron chi connectivity index (χ1n) is 8.40. The molecule has 0 radical (unpaired) electrons. The summed E-state index contributed by atoms with van der Waals surface area (Å²) >= 11 is 0. The van der Waals surface area contributed by atoms with E-state index in [1.165, 1.54) is 21.6 Å². The highest BCUT2D eigenvalue weighted by molar-refractivity contribution is 5.69. The van der Waals surface area contributed by atoms with Crippen LogP contribution in [0.2, 0.25) is 0 Å². The normalized spacial score (nSPS) is 15.8.